The van der Waals surface area contributed by atoms with Gasteiger partial charge in [0.15, 0.2) is 0 Å². The lowest BCUT2D eigenvalue weighted by molar-refractivity contribution is -0.125. The van der Waals surface area contributed by atoms with Crippen molar-refractivity contribution in [2.45, 2.75) is 32.5 Å². The molecule has 2 amide bonds. The molecule has 0 aliphatic rings. The molecule has 0 spiro atoms. The number of aromatic nitrogens is 1. The van der Waals surface area contributed by atoms with Gasteiger partial charge in [-0.15, -0.1) is 12.4 Å². The maximum Gasteiger partial charge on any atom is 0.266 e. The zero-order chi connectivity index (χ0) is 25.9. The fourth-order valence-electron chi connectivity index (χ4n) is 3.19. The van der Waals surface area contributed by atoms with Crippen LogP contribution in [0.5, 0.6) is 5.75 Å². The molecule has 0 aliphatic carbocycles. The zero-order valence-electron chi connectivity index (χ0n) is 19.3. The molecular weight excluding hydrogens is 562 g/mol. The number of hydrogen-bond acceptors (Lipinski definition) is 5. The fourth-order valence-corrected chi connectivity index (χ4v) is 3.60. The summed E-state index contributed by atoms with van der Waals surface area (Å²) in [4.78, 5) is 39.4. The van der Waals surface area contributed by atoms with Crippen molar-refractivity contribution < 1.29 is 23.1 Å². The van der Waals surface area contributed by atoms with Gasteiger partial charge < -0.3 is 26.5 Å². The van der Waals surface area contributed by atoms with E-state index in [1.165, 1.54) is 32.0 Å². The number of nitrogens with one attached hydrogen (secondary N) is 2. The van der Waals surface area contributed by atoms with E-state index >= 15 is 0 Å². The molecule has 3 rings (SSSR count). The summed E-state index contributed by atoms with van der Waals surface area (Å²) < 4.78 is 33.3. The molecule has 0 bridgehead atoms. The van der Waals surface area contributed by atoms with Crippen LogP contribution < -0.4 is 27.1 Å². The highest BCUT2D eigenvalue weighted by molar-refractivity contribution is 9.10. The van der Waals surface area contributed by atoms with E-state index in [4.69, 9.17) is 16.2 Å². The van der Waals surface area contributed by atoms with Gasteiger partial charge in [0.2, 0.25) is 11.8 Å². The Labute approximate surface area is 219 Å². The molecule has 0 radical (unpaired) electrons. The van der Waals surface area contributed by atoms with Gasteiger partial charge in [0.25, 0.3) is 5.56 Å². The Kier molecular flexibility index (Phi) is 9.36. The molecule has 192 valence electrons. The summed E-state index contributed by atoms with van der Waals surface area (Å²) in [7, 11) is 0. The smallest absolute Gasteiger partial charge is 0.266 e. The van der Waals surface area contributed by atoms with Crippen LogP contribution in [0.1, 0.15) is 35.5 Å². The summed E-state index contributed by atoms with van der Waals surface area (Å²) in [5, 5.41) is 2.65. The fraction of sp³-hybridized carbons (Fsp3) is 0.208. The van der Waals surface area contributed by atoms with Crippen LogP contribution in [0.4, 0.5) is 8.78 Å². The lowest BCUT2D eigenvalue weighted by Crippen LogP contribution is -2.48. The number of primary amides is 1. The average Bonchev–Trinajstić information content (AvgIpc) is 2.78. The highest BCUT2D eigenvalue weighted by atomic mass is 79.9. The Morgan fingerprint density at radius 3 is 2.47 bits per heavy atom. The summed E-state index contributed by atoms with van der Waals surface area (Å²) in [5.41, 5.74) is 10.7. The minimum atomic E-state index is -1.18. The number of aromatic amines is 1. The SMILES string of the molecule is CC(C)(N)C(=O)NCc1[nH]c(=O)c(Br)c(OCc2ccc(F)cc2F)c1-c1cccc(C(N)=O)c1.Cl. The standard InChI is InChI=1S/C24H23BrF2N4O4.ClH/c1-24(2,29)23(34)30-10-17-18(12-4-3-5-13(8-12)21(28)32)20(19(25)22(33)31-17)35-11-14-6-7-15(26)9-16(14)27;/h3-9H,10-11,29H2,1-2H3,(H2,28,32)(H,30,34)(H,31,33);1H. The lowest BCUT2D eigenvalue weighted by Gasteiger charge is -2.21. The van der Waals surface area contributed by atoms with Gasteiger partial charge in [0.1, 0.15) is 28.5 Å². The van der Waals surface area contributed by atoms with E-state index in [0.29, 0.717) is 11.1 Å². The maximum absolute atomic E-state index is 14.2. The van der Waals surface area contributed by atoms with Gasteiger partial charge in [-0.3, -0.25) is 14.4 Å². The van der Waals surface area contributed by atoms with E-state index in [2.05, 4.69) is 26.2 Å². The Morgan fingerprint density at radius 1 is 1.17 bits per heavy atom. The van der Waals surface area contributed by atoms with Crippen molar-refractivity contribution in [1.29, 1.82) is 0 Å². The molecule has 0 atom stereocenters. The molecule has 12 heteroatoms. The minimum absolute atomic E-state index is 0. The molecule has 8 nitrogen and oxygen atoms in total. The number of ether oxygens (including phenoxy) is 1. The average molecular weight is 586 g/mol. The second-order valence-electron chi connectivity index (χ2n) is 8.32. The Bertz CT molecular complexity index is 1360. The predicted octanol–water partition coefficient (Wildman–Crippen LogP) is 3.54. The number of carbonyl (C=O) groups is 2. The number of carbonyl (C=O) groups excluding carboxylic acids is 2. The van der Waals surface area contributed by atoms with Crippen molar-refractivity contribution in [3.8, 4) is 16.9 Å². The Morgan fingerprint density at radius 2 is 1.86 bits per heavy atom. The van der Waals surface area contributed by atoms with Crippen LogP contribution in [0.15, 0.2) is 51.7 Å². The first-order valence-electron chi connectivity index (χ1n) is 10.4. The van der Waals surface area contributed by atoms with Gasteiger partial charge in [-0.25, -0.2) is 8.78 Å². The van der Waals surface area contributed by atoms with Crippen molar-refractivity contribution in [2.75, 3.05) is 0 Å². The van der Waals surface area contributed by atoms with E-state index in [0.717, 1.165) is 12.1 Å². The lowest BCUT2D eigenvalue weighted by atomic mass is 9.99. The molecule has 1 aromatic heterocycles. The largest absolute Gasteiger partial charge is 0.487 e. The molecular formula is C24H24BrClF2N4O4. The molecule has 0 aliphatic heterocycles. The second kappa shape index (κ2) is 11.6. The van der Waals surface area contributed by atoms with Crippen molar-refractivity contribution in [1.82, 2.24) is 10.3 Å². The molecule has 1 heterocycles. The topological polar surface area (TPSA) is 140 Å². The number of benzene rings is 2. The summed E-state index contributed by atoms with van der Waals surface area (Å²) in [6, 6.07) is 9.27. The van der Waals surface area contributed by atoms with Crippen molar-refractivity contribution >= 4 is 40.2 Å². The predicted molar refractivity (Wildman–Crippen MR) is 137 cm³/mol. The summed E-state index contributed by atoms with van der Waals surface area (Å²) in [6.45, 7) is 2.57. The number of amides is 2. The molecule has 0 unspecified atom stereocenters. The molecule has 6 N–H and O–H groups in total. The number of hydrogen-bond donors (Lipinski definition) is 4. The van der Waals surface area contributed by atoms with Crippen LogP contribution in [-0.4, -0.2) is 22.3 Å². The van der Waals surface area contributed by atoms with Crippen molar-refractivity contribution in [3.63, 3.8) is 0 Å². The number of nitrogens with two attached hydrogens (primary N) is 2. The number of rotatable bonds is 8. The quantitative estimate of drug-likeness (QED) is 0.320. The van der Waals surface area contributed by atoms with Gasteiger partial charge >= 0.3 is 0 Å². The van der Waals surface area contributed by atoms with Crippen LogP contribution in [-0.2, 0) is 17.9 Å². The molecule has 36 heavy (non-hydrogen) atoms. The summed E-state index contributed by atoms with van der Waals surface area (Å²) >= 11 is 3.20. The van der Waals surface area contributed by atoms with Crippen LogP contribution in [0, 0.1) is 11.6 Å². The first kappa shape index (κ1) is 29.0. The minimum Gasteiger partial charge on any atom is -0.487 e. The molecule has 2 aromatic carbocycles. The zero-order valence-corrected chi connectivity index (χ0v) is 21.7. The maximum atomic E-state index is 14.2. The van der Waals surface area contributed by atoms with Crippen LogP contribution in [0.2, 0.25) is 0 Å². The normalized spacial score (nSPS) is 10.9. The van der Waals surface area contributed by atoms with Gasteiger partial charge in [-0.1, -0.05) is 12.1 Å². The van der Waals surface area contributed by atoms with Crippen LogP contribution in [0.3, 0.4) is 0 Å². The van der Waals surface area contributed by atoms with E-state index < -0.39 is 34.5 Å². The van der Waals surface area contributed by atoms with E-state index in [9.17, 15) is 23.2 Å². The van der Waals surface area contributed by atoms with Gasteiger partial charge in [-0.05, 0) is 59.6 Å². The molecule has 3 aromatic rings. The van der Waals surface area contributed by atoms with Gasteiger partial charge in [-0.2, -0.15) is 0 Å². The molecule has 0 fully saturated rings. The van der Waals surface area contributed by atoms with Crippen LogP contribution in [0.25, 0.3) is 11.1 Å². The summed E-state index contributed by atoms with van der Waals surface area (Å²) in [6.07, 6.45) is 0. The van der Waals surface area contributed by atoms with E-state index in [1.807, 2.05) is 0 Å². The third-order valence-electron chi connectivity index (χ3n) is 5.03. The summed E-state index contributed by atoms with van der Waals surface area (Å²) in [5.74, 6) is -2.69. The van der Waals surface area contributed by atoms with Gasteiger partial charge in [0, 0.05) is 28.5 Å². The Hall–Kier alpha value is -3.28. The Balaban J connectivity index is 0.00000456. The first-order chi connectivity index (χ1) is 16.4. The molecule has 0 saturated carbocycles. The number of halogens is 4. The second-order valence-corrected chi connectivity index (χ2v) is 9.12. The van der Waals surface area contributed by atoms with Gasteiger partial charge in [0.05, 0.1) is 12.1 Å². The molecule has 0 saturated heterocycles. The highest BCUT2D eigenvalue weighted by Crippen LogP contribution is 2.37. The van der Waals surface area contributed by atoms with Crippen LogP contribution >= 0.6 is 28.3 Å². The van der Waals surface area contributed by atoms with Crippen molar-refractivity contribution in [3.05, 3.63) is 85.7 Å². The third-order valence-corrected chi connectivity index (χ3v) is 5.75. The van der Waals surface area contributed by atoms with E-state index in [1.54, 1.807) is 12.1 Å². The first-order valence-corrected chi connectivity index (χ1v) is 11.2. The van der Waals surface area contributed by atoms with E-state index in [-0.39, 0.29) is 52.6 Å². The highest BCUT2D eigenvalue weighted by Gasteiger charge is 2.24. The van der Waals surface area contributed by atoms with Crippen molar-refractivity contribution in [2.24, 2.45) is 11.5 Å². The number of H-pyrrole nitrogens is 1. The third kappa shape index (κ3) is 6.68. The monoisotopic (exact) mass is 584 g/mol. The number of pyridine rings is 1.